The third kappa shape index (κ3) is 4.79. The van der Waals surface area contributed by atoms with Crippen LogP contribution in [-0.2, 0) is 16.0 Å². The maximum absolute atomic E-state index is 12.6. The Morgan fingerprint density at radius 2 is 2.14 bits per heavy atom. The third-order valence-corrected chi connectivity index (χ3v) is 5.11. The number of anilines is 1. The summed E-state index contributed by atoms with van der Waals surface area (Å²) >= 11 is 1.49. The fraction of sp³-hybridized carbons (Fsp3) is 0.421. The number of thiazole rings is 1. The molecule has 1 saturated heterocycles. The summed E-state index contributed by atoms with van der Waals surface area (Å²) in [7, 11) is 2.96. The van der Waals surface area contributed by atoms with Gasteiger partial charge in [-0.3, -0.25) is 9.59 Å². The fourth-order valence-electron chi connectivity index (χ4n) is 2.95. The highest BCUT2D eigenvalue weighted by Gasteiger charge is 2.22. The minimum atomic E-state index is -0.262. The van der Waals surface area contributed by atoms with Gasteiger partial charge in [-0.25, -0.2) is 4.98 Å². The Balaban J connectivity index is 1.81. The van der Waals surface area contributed by atoms with Gasteiger partial charge in [-0.1, -0.05) is 0 Å². The van der Waals surface area contributed by atoms with Gasteiger partial charge in [0.25, 0.3) is 5.91 Å². The monoisotopic (exact) mass is 405 g/mol. The Labute approximate surface area is 167 Å². The predicted octanol–water partition coefficient (Wildman–Crippen LogP) is 2.17. The minimum absolute atomic E-state index is 0.0217. The molecule has 1 unspecified atom stereocenters. The van der Waals surface area contributed by atoms with E-state index in [-0.39, 0.29) is 24.3 Å². The van der Waals surface area contributed by atoms with Gasteiger partial charge < -0.3 is 24.8 Å². The third-order valence-electron chi connectivity index (χ3n) is 4.29. The average molecular weight is 405 g/mol. The summed E-state index contributed by atoms with van der Waals surface area (Å²) in [5, 5.41) is 8.47. The van der Waals surface area contributed by atoms with Crippen LogP contribution in [0.25, 0.3) is 0 Å². The zero-order chi connectivity index (χ0) is 20.1. The number of aryl methyl sites for hydroxylation is 1. The van der Waals surface area contributed by atoms with Crippen molar-refractivity contribution in [3.63, 3.8) is 0 Å². The first-order valence-corrected chi connectivity index (χ1v) is 9.73. The summed E-state index contributed by atoms with van der Waals surface area (Å²) in [6.45, 7) is 3.02. The van der Waals surface area contributed by atoms with Crippen LogP contribution in [0.5, 0.6) is 11.5 Å². The molecule has 3 rings (SSSR count). The highest BCUT2D eigenvalue weighted by molar-refractivity contribution is 7.09. The fourth-order valence-corrected chi connectivity index (χ4v) is 3.57. The van der Waals surface area contributed by atoms with E-state index < -0.39 is 0 Å². The Morgan fingerprint density at radius 3 is 2.75 bits per heavy atom. The van der Waals surface area contributed by atoms with E-state index in [1.54, 1.807) is 12.1 Å². The zero-order valence-electron chi connectivity index (χ0n) is 16.0. The molecule has 2 N–H and O–H groups in total. The molecule has 150 valence electrons. The lowest BCUT2D eigenvalue weighted by molar-refractivity contribution is -0.115. The Hall–Kier alpha value is -2.65. The molecule has 28 heavy (non-hydrogen) atoms. The zero-order valence-corrected chi connectivity index (χ0v) is 16.9. The summed E-state index contributed by atoms with van der Waals surface area (Å²) in [6.07, 6.45) is 0.904. The number of carbonyl (C=O) groups is 2. The van der Waals surface area contributed by atoms with Crippen molar-refractivity contribution in [3.05, 3.63) is 33.8 Å². The summed E-state index contributed by atoms with van der Waals surface area (Å²) in [5.41, 5.74) is 1.43. The average Bonchev–Trinajstić information content (AvgIpc) is 3.32. The lowest BCUT2D eigenvalue weighted by Crippen LogP contribution is -2.35. The highest BCUT2D eigenvalue weighted by Crippen LogP contribution is 2.36. The number of benzene rings is 1. The van der Waals surface area contributed by atoms with Crippen molar-refractivity contribution in [2.24, 2.45) is 0 Å². The van der Waals surface area contributed by atoms with E-state index in [1.807, 2.05) is 12.3 Å². The van der Waals surface area contributed by atoms with Crippen LogP contribution >= 0.6 is 11.3 Å². The summed E-state index contributed by atoms with van der Waals surface area (Å²) in [4.78, 5) is 29.4. The van der Waals surface area contributed by atoms with Crippen molar-refractivity contribution in [1.29, 1.82) is 0 Å². The topological polar surface area (TPSA) is 98.8 Å². The van der Waals surface area contributed by atoms with Crippen molar-refractivity contribution < 1.29 is 23.8 Å². The normalized spacial score (nSPS) is 15.9. The molecule has 1 aromatic heterocycles. The van der Waals surface area contributed by atoms with E-state index in [9.17, 15) is 9.59 Å². The van der Waals surface area contributed by atoms with Crippen LogP contribution < -0.4 is 20.1 Å². The lowest BCUT2D eigenvalue weighted by Gasteiger charge is -2.17. The minimum Gasteiger partial charge on any atom is -0.493 e. The predicted molar refractivity (Wildman–Crippen MR) is 105 cm³/mol. The van der Waals surface area contributed by atoms with E-state index in [1.165, 1.54) is 25.6 Å². The largest absolute Gasteiger partial charge is 0.493 e. The maximum atomic E-state index is 12.6. The molecular formula is C19H23N3O5S. The number of carbonyl (C=O) groups excluding carboxylic acids is 2. The van der Waals surface area contributed by atoms with Crippen LogP contribution in [-0.4, -0.2) is 50.3 Å². The van der Waals surface area contributed by atoms with Gasteiger partial charge in [0, 0.05) is 17.6 Å². The molecule has 0 saturated carbocycles. The second-order valence-corrected chi connectivity index (χ2v) is 7.44. The molecular weight excluding hydrogens is 382 g/mol. The number of amides is 2. The summed E-state index contributed by atoms with van der Waals surface area (Å²) in [5.74, 6) is 0.193. The molecule has 1 atom stereocenters. The van der Waals surface area contributed by atoms with Crippen molar-refractivity contribution >= 4 is 28.8 Å². The van der Waals surface area contributed by atoms with Crippen molar-refractivity contribution in [2.45, 2.75) is 25.8 Å². The molecule has 9 heteroatoms. The first-order chi connectivity index (χ1) is 13.5. The summed E-state index contributed by atoms with van der Waals surface area (Å²) in [6, 6.07) is 3.15. The van der Waals surface area contributed by atoms with Gasteiger partial charge in [0.2, 0.25) is 5.91 Å². The molecule has 0 bridgehead atoms. The summed E-state index contributed by atoms with van der Waals surface area (Å²) < 4.78 is 16.0. The number of rotatable bonds is 7. The van der Waals surface area contributed by atoms with E-state index in [0.717, 1.165) is 11.4 Å². The second-order valence-electron chi connectivity index (χ2n) is 6.38. The van der Waals surface area contributed by atoms with E-state index >= 15 is 0 Å². The first-order valence-electron chi connectivity index (χ1n) is 8.85. The molecule has 2 amide bonds. The maximum Gasteiger partial charge on any atom is 0.251 e. The highest BCUT2D eigenvalue weighted by atomic mass is 32.1. The molecule has 1 aliphatic rings. The van der Waals surface area contributed by atoms with Gasteiger partial charge in [0.05, 0.1) is 49.7 Å². The number of hydrogen-bond donors (Lipinski definition) is 2. The molecule has 0 radical (unpaired) electrons. The van der Waals surface area contributed by atoms with Crippen LogP contribution in [0, 0.1) is 6.92 Å². The van der Waals surface area contributed by atoms with Crippen LogP contribution in [0.1, 0.15) is 27.5 Å². The number of nitrogens with zero attached hydrogens (tertiary/aromatic N) is 1. The molecule has 2 heterocycles. The lowest BCUT2D eigenvalue weighted by atomic mass is 10.1. The Bertz CT molecular complexity index is 861. The molecule has 0 spiro atoms. The Kier molecular flexibility index (Phi) is 6.48. The standard InChI is InChI=1S/C19H23N3O5S/c1-11-20-14(10-28-11)8-17(23)22-15-6-12(7-16(25-2)18(15)26-3)19(24)21-13-4-5-27-9-13/h6-7,10,13H,4-5,8-9H2,1-3H3,(H,21,24)(H,22,23). The molecule has 8 nitrogen and oxygen atoms in total. The van der Waals surface area contributed by atoms with Crippen LogP contribution in [0.15, 0.2) is 17.5 Å². The Morgan fingerprint density at radius 1 is 1.32 bits per heavy atom. The quantitative estimate of drug-likeness (QED) is 0.733. The van der Waals surface area contributed by atoms with Gasteiger partial charge in [0.15, 0.2) is 11.5 Å². The smallest absolute Gasteiger partial charge is 0.251 e. The number of ether oxygens (including phenoxy) is 3. The van der Waals surface area contributed by atoms with Crippen molar-refractivity contribution in [2.75, 3.05) is 32.8 Å². The second kappa shape index (κ2) is 9.03. The molecule has 1 aromatic carbocycles. The van der Waals surface area contributed by atoms with Crippen LogP contribution in [0.2, 0.25) is 0 Å². The van der Waals surface area contributed by atoms with Crippen molar-refractivity contribution in [1.82, 2.24) is 10.3 Å². The van der Waals surface area contributed by atoms with Gasteiger partial charge >= 0.3 is 0 Å². The van der Waals surface area contributed by atoms with E-state index in [4.69, 9.17) is 14.2 Å². The SMILES string of the molecule is COc1cc(C(=O)NC2CCOC2)cc(NC(=O)Cc2csc(C)n2)c1OC. The number of hydrogen-bond acceptors (Lipinski definition) is 7. The van der Waals surface area contributed by atoms with Gasteiger partial charge in [0.1, 0.15) is 0 Å². The number of nitrogens with one attached hydrogen (secondary N) is 2. The molecule has 0 aliphatic carbocycles. The first kappa shape index (κ1) is 20.1. The molecule has 1 aliphatic heterocycles. The van der Waals surface area contributed by atoms with Gasteiger partial charge in [-0.05, 0) is 25.5 Å². The number of aromatic nitrogens is 1. The number of methoxy groups -OCH3 is 2. The van der Waals surface area contributed by atoms with E-state index in [2.05, 4.69) is 15.6 Å². The van der Waals surface area contributed by atoms with Crippen molar-refractivity contribution in [3.8, 4) is 11.5 Å². The van der Waals surface area contributed by atoms with Gasteiger partial charge in [-0.15, -0.1) is 11.3 Å². The van der Waals surface area contributed by atoms with Crippen LogP contribution in [0.4, 0.5) is 5.69 Å². The molecule has 1 fully saturated rings. The van der Waals surface area contributed by atoms with Gasteiger partial charge in [-0.2, -0.15) is 0 Å². The van der Waals surface area contributed by atoms with E-state index in [0.29, 0.717) is 41.7 Å². The molecule has 2 aromatic rings. The van der Waals surface area contributed by atoms with Crippen LogP contribution in [0.3, 0.4) is 0 Å².